The Kier molecular flexibility index (Phi) is 4.99. The highest BCUT2D eigenvalue weighted by Crippen LogP contribution is 2.32. The van der Waals surface area contributed by atoms with Gasteiger partial charge in [-0.1, -0.05) is 18.2 Å². The number of hydrogen-bond acceptors (Lipinski definition) is 2. The van der Waals surface area contributed by atoms with Crippen LogP contribution in [-0.2, 0) is 0 Å². The van der Waals surface area contributed by atoms with Crippen molar-refractivity contribution in [2.75, 3.05) is 18.4 Å². The standard InChI is InChI=1S/C23H22F2N2O/c1-15-6-5-7-17-21(26-16-8-10-19(24)20(25)14-16)11-9-18(22(15)17)23(28)27-12-3-2-4-13-27/h5-11,14,26H,2-4,12-13H2,1H3. The van der Waals surface area contributed by atoms with Crippen molar-refractivity contribution in [2.45, 2.75) is 26.2 Å². The predicted molar refractivity (Wildman–Crippen MR) is 108 cm³/mol. The van der Waals surface area contributed by atoms with E-state index in [0.717, 1.165) is 60.1 Å². The molecule has 1 saturated heterocycles. The summed E-state index contributed by atoms with van der Waals surface area (Å²) in [7, 11) is 0. The third-order valence-electron chi connectivity index (χ3n) is 5.32. The van der Waals surface area contributed by atoms with Crippen LogP contribution in [0.5, 0.6) is 0 Å². The number of fused-ring (bicyclic) bond motifs is 1. The Hall–Kier alpha value is -2.95. The van der Waals surface area contributed by atoms with E-state index in [1.54, 1.807) is 0 Å². The van der Waals surface area contributed by atoms with E-state index < -0.39 is 11.6 Å². The molecule has 0 aromatic heterocycles. The Bertz CT molecular complexity index is 1040. The third-order valence-corrected chi connectivity index (χ3v) is 5.32. The minimum Gasteiger partial charge on any atom is -0.355 e. The molecule has 0 radical (unpaired) electrons. The molecule has 28 heavy (non-hydrogen) atoms. The second kappa shape index (κ2) is 7.58. The Labute approximate surface area is 163 Å². The number of carbonyl (C=O) groups is 1. The number of piperidine rings is 1. The van der Waals surface area contributed by atoms with E-state index >= 15 is 0 Å². The molecule has 1 aliphatic heterocycles. The minimum atomic E-state index is -0.901. The van der Waals surface area contributed by atoms with E-state index in [1.807, 2.05) is 42.2 Å². The van der Waals surface area contributed by atoms with Crippen LogP contribution in [0.1, 0.15) is 35.2 Å². The summed E-state index contributed by atoms with van der Waals surface area (Å²) in [6.07, 6.45) is 3.25. The van der Waals surface area contributed by atoms with Gasteiger partial charge in [0.05, 0.1) is 0 Å². The SMILES string of the molecule is Cc1cccc2c(Nc3ccc(F)c(F)c3)ccc(C(=O)N3CCCCC3)c12. The number of amides is 1. The molecule has 3 nitrogen and oxygen atoms in total. The quantitative estimate of drug-likeness (QED) is 0.623. The maximum Gasteiger partial charge on any atom is 0.254 e. The van der Waals surface area contributed by atoms with Crippen LogP contribution in [0.2, 0.25) is 0 Å². The van der Waals surface area contributed by atoms with Gasteiger partial charge in [-0.15, -0.1) is 0 Å². The zero-order valence-electron chi connectivity index (χ0n) is 15.8. The predicted octanol–water partition coefficient (Wildman–Crippen LogP) is 5.80. The number of likely N-dealkylation sites (tertiary alicyclic amines) is 1. The smallest absolute Gasteiger partial charge is 0.254 e. The molecule has 1 fully saturated rings. The van der Waals surface area contributed by atoms with Crippen LogP contribution in [0.25, 0.3) is 10.8 Å². The third kappa shape index (κ3) is 3.44. The fourth-order valence-corrected chi connectivity index (χ4v) is 3.87. The molecule has 1 N–H and O–H groups in total. The molecule has 3 aromatic rings. The zero-order chi connectivity index (χ0) is 19.7. The molecule has 0 spiro atoms. The van der Waals surface area contributed by atoms with Gasteiger partial charge in [-0.2, -0.15) is 0 Å². The van der Waals surface area contributed by atoms with Crippen LogP contribution in [0.4, 0.5) is 20.2 Å². The van der Waals surface area contributed by atoms with Crippen molar-refractivity contribution in [1.29, 1.82) is 0 Å². The lowest BCUT2D eigenvalue weighted by Gasteiger charge is -2.27. The Balaban J connectivity index is 1.76. The second-order valence-corrected chi connectivity index (χ2v) is 7.26. The van der Waals surface area contributed by atoms with Crippen molar-refractivity contribution in [3.8, 4) is 0 Å². The van der Waals surface area contributed by atoms with Crippen LogP contribution >= 0.6 is 0 Å². The molecular weight excluding hydrogens is 358 g/mol. The van der Waals surface area contributed by atoms with Gasteiger partial charge in [-0.05, 0) is 61.4 Å². The van der Waals surface area contributed by atoms with Crippen molar-refractivity contribution >= 4 is 28.1 Å². The molecule has 5 heteroatoms. The highest BCUT2D eigenvalue weighted by molar-refractivity contribution is 6.11. The van der Waals surface area contributed by atoms with Gasteiger partial charge in [-0.25, -0.2) is 8.78 Å². The first-order valence-corrected chi connectivity index (χ1v) is 9.58. The molecule has 0 atom stereocenters. The highest BCUT2D eigenvalue weighted by Gasteiger charge is 2.21. The average Bonchev–Trinajstić information content (AvgIpc) is 2.71. The first kappa shape index (κ1) is 18.4. The normalized spacial score (nSPS) is 14.3. The summed E-state index contributed by atoms with van der Waals surface area (Å²) in [5, 5.41) is 4.93. The fourth-order valence-electron chi connectivity index (χ4n) is 3.87. The molecule has 1 aliphatic rings. The van der Waals surface area contributed by atoms with Crippen molar-refractivity contribution in [3.63, 3.8) is 0 Å². The van der Waals surface area contributed by atoms with Gasteiger partial charge in [-0.3, -0.25) is 4.79 Å². The van der Waals surface area contributed by atoms with Crippen LogP contribution in [0.3, 0.4) is 0 Å². The van der Waals surface area contributed by atoms with E-state index in [9.17, 15) is 13.6 Å². The van der Waals surface area contributed by atoms with Gasteiger partial charge in [0.25, 0.3) is 5.91 Å². The first-order valence-electron chi connectivity index (χ1n) is 9.58. The van der Waals surface area contributed by atoms with E-state index in [2.05, 4.69) is 5.32 Å². The molecule has 1 heterocycles. The fraction of sp³-hybridized carbons (Fsp3) is 0.261. The van der Waals surface area contributed by atoms with Crippen molar-refractivity contribution in [1.82, 2.24) is 4.90 Å². The lowest BCUT2D eigenvalue weighted by Crippen LogP contribution is -2.35. The number of carbonyl (C=O) groups excluding carboxylic acids is 1. The molecule has 0 bridgehead atoms. The van der Waals surface area contributed by atoms with Gasteiger partial charge in [0.1, 0.15) is 0 Å². The van der Waals surface area contributed by atoms with Gasteiger partial charge in [0, 0.05) is 41.5 Å². The topological polar surface area (TPSA) is 32.3 Å². The molecule has 4 rings (SSSR count). The number of halogens is 2. The monoisotopic (exact) mass is 380 g/mol. The Morgan fingerprint density at radius 1 is 0.964 bits per heavy atom. The summed E-state index contributed by atoms with van der Waals surface area (Å²) in [6, 6.07) is 13.2. The molecular formula is C23H22F2N2O. The summed E-state index contributed by atoms with van der Waals surface area (Å²) < 4.78 is 26.8. The second-order valence-electron chi connectivity index (χ2n) is 7.26. The number of aryl methyl sites for hydroxylation is 1. The van der Waals surface area contributed by atoms with Gasteiger partial charge in [0.15, 0.2) is 11.6 Å². The number of hydrogen-bond donors (Lipinski definition) is 1. The maximum atomic E-state index is 13.6. The molecule has 0 aliphatic carbocycles. The van der Waals surface area contributed by atoms with E-state index in [1.165, 1.54) is 12.5 Å². The van der Waals surface area contributed by atoms with E-state index in [0.29, 0.717) is 11.3 Å². The molecule has 3 aromatic carbocycles. The average molecular weight is 380 g/mol. The number of rotatable bonds is 3. The lowest BCUT2D eigenvalue weighted by molar-refractivity contribution is 0.0726. The first-order chi connectivity index (χ1) is 13.5. The van der Waals surface area contributed by atoms with Crippen molar-refractivity contribution in [2.24, 2.45) is 0 Å². The summed E-state index contributed by atoms with van der Waals surface area (Å²) in [6.45, 7) is 3.57. The number of nitrogens with zero attached hydrogens (tertiary/aromatic N) is 1. The maximum absolute atomic E-state index is 13.6. The molecule has 1 amide bonds. The van der Waals surface area contributed by atoms with Gasteiger partial charge in [0.2, 0.25) is 0 Å². The zero-order valence-corrected chi connectivity index (χ0v) is 15.8. The summed E-state index contributed by atoms with van der Waals surface area (Å²) >= 11 is 0. The Morgan fingerprint density at radius 2 is 1.75 bits per heavy atom. The van der Waals surface area contributed by atoms with Crippen LogP contribution in [0, 0.1) is 18.6 Å². The lowest BCUT2D eigenvalue weighted by atomic mass is 9.97. The minimum absolute atomic E-state index is 0.0541. The van der Waals surface area contributed by atoms with Gasteiger partial charge < -0.3 is 10.2 Å². The van der Waals surface area contributed by atoms with Crippen LogP contribution in [0.15, 0.2) is 48.5 Å². The Morgan fingerprint density at radius 3 is 2.50 bits per heavy atom. The van der Waals surface area contributed by atoms with Crippen molar-refractivity contribution in [3.05, 3.63) is 71.3 Å². The summed E-state index contributed by atoms with van der Waals surface area (Å²) in [5.74, 6) is -1.73. The summed E-state index contributed by atoms with van der Waals surface area (Å²) in [5.41, 5.74) is 2.90. The number of nitrogens with one attached hydrogen (secondary N) is 1. The largest absolute Gasteiger partial charge is 0.355 e. The van der Waals surface area contributed by atoms with E-state index in [4.69, 9.17) is 0 Å². The molecule has 0 saturated carbocycles. The molecule has 0 unspecified atom stereocenters. The summed E-state index contributed by atoms with van der Waals surface area (Å²) in [4.78, 5) is 15.1. The van der Waals surface area contributed by atoms with Gasteiger partial charge >= 0.3 is 0 Å². The van der Waals surface area contributed by atoms with Crippen molar-refractivity contribution < 1.29 is 13.6 Å². The number of anilines is 2. The van der Waals surface area contributed by atoms with Crippen LogP contribution < -0.4 is 5.32 Å². The molecule has 144 valence electrons. The number of benzene rings is 3. The highest BCUT2D eigenvalue weighted by atomic mass is 19.2. The van der Waals surface area contributed by atoms with Crippen LogP contribution in [-0.4, -0.2) is 23.9 Å². The van der Waals surface area contributed by atoms with E-state index in [-0.39, 0.29) is 5.91 Å².